The minimum atomic E-state index is -1.09. The van der Waals surface area contributed by atoms with E-state index in [1.165, 1.54) is 11.0 Å². The number of benzene rings is 2. The molecule has 1 aromatic heterocycles. The number of hydrogen-bond donors (Lipinski definition) is 1. The molecular weight excluding hydrogens is 408 g/mol. The summed E-state index contributed by atoms with van der Waals surface area (Å²) in [7, 11) is 0. The second kappa shape index (κ2) is 8.29. The number of hydrogen-bond acceptors (Lipinski definition) is 5. The van der Waals surface area contributed by atoms with E-state index in [0.717, 1.165) is 37.5 Å². The summed E-state index contributed by atoms with van der Waals surface area (Å²) < 4.78 is 29.2. The summed E-state index contributed by atoms with van der Waals surface area (Å²) in [6, 6.07) is 6.89. The molecule has 1 heterocycles. The van der Waals surface area contributed by atoms with Crippen LogP contribution >= 0.6 is 0 Å². The van der Waals surface area contributed by atoms with E-state index >= 15 is 0 Å². The zero-order valence-corrected chi connectivity index (χ0v) is 16.8. The predicted octanol–water partition coefficient (Wildman–Crippen LogP) is 3.53. The van der Waals surface area contributed by atoms with Gasteiger partial charge in [-0.25, -0.2) is 18.4 Å². The molecule has 2 aromatic carbocycles. The molecule has 1 fully saturated rings. The first kappa shape index (κ1) is 20.7. The van der Waals surface area contributed by atoms with Crippen molar-refractivity contribution in [3.05, 3.63) is 64.1 Å². The van der Waals surface area contributed by atoms with Crippen LogP contribution < -0.4 is 10.6 Å². The molecule has 10 heteroatoms. The number of carbonyl (C=O) groups is 1. The van der Waals surface area contributed by atoms with E-state index in [-0.39, 0.29) is 11.8 Å². The fraction of sp³-hybridized carbons (Fsp3) is 0.333. The predicted molar refractivity (Wildman–Crippen MR) is 109 cm³/mol. The molecule has 4 rings (SSSR count). The average molecular weight is 429 g/mol. The van der Waals surface area contributed by atoms with Crippen LogP contribution in [0, 0.1) is 18.6 Å². The van der Waals surface area contributed by atoms with Gasteiger partial charge < -0.3 is 5.11 Å². The van der Waals surface area contributed by atoms with E-state index in [4.69, 9.17) is 0 Å². The van der Waals surface area contributed by atoms with Crippen LogP contribution in [0.15, 0.2) is 41.2 Å². The quantitative estimate of drug-likeness (QED) is 0.643. The summed E-state index contributed by atoms with van der Waals surface area (Å²) in [6.45, 7) is 1.73. The van der Waals surface area contributed by atoms with Gasteiger partial charge in [0, 0.05) is 17.8 Å². The number of aromatic hydroxyl groups is 1. The monoisotopic (exact) mass is 429 g/mol. The van der Waals surface area contributed by atoms with E-state index in [0.29, 0.717) is 33.5 Å². The first-order valence-corrected chi connectivity index (χ1v) is 10.0. The van der Waals surface area contributed by atoms with Gasteiger partial charge in [-0.3, -0.25) is 4.90 Å². The van der Waals surface area contributed by atoms with Crippen molar-refractivity contribution in [3.8, 4) is 11.4 Å². The van der Waals surface area contributed by atoms with Crippen molar-refractivity contribution < 1.29 is 18.7 Å². The third-order valence-electron chi connectivity index (χ3n) is 5.53. The van der Waals surface area contributed by atoms with Crippen molar-refractivity contribution in [1.29, 1.82) is 0 Å². The van der Waals surface area contributed by atoms with Crippen LogP contribution in [-0.4, -0.2) is 37.0 Å². The molecule has 0 atom stereocenters. The highest BCUT2D eigenvalue weighted by Crippen LogP contribution is 2.31. The molecular formula is C21H21F2N5O3. The summed E-state index contributed by atoms with van der Waals surface area (Å²) in [5.41, 5.74) is -0.758. The highest BCUT2D eigenvalue weighted by molar-refractivity contribution is 5.93. The molecule has 8 nitrogen and oxygen atoms in total. The van der Waals surface area contributed by atoms with Crippen LogP contribution in [0.3, 0.4) is 0 Å². The van der Waals surface area contributed by atoms with Gasteiger partial charge in [0.05, 0.1) is 0 Å². The first-order chi connectivity index (χ1) is 14.9. The maximum atomic E-state index is 14.1. The van der Waals surface area contributed by atoms with Crippen LogP contribution in [0.4, 0.5) is 19.3 Å². The molecule has 0 unspecified atom stereocenters. The maximum Gasteiger partial charge on any atom is 0.377 e. The Morgan fingerprint density at radius 2 is 1.77 bits per heavy atom. The van der Waals surface area contributed by atoms with Gasteiger partial charge in [-0.05, 0) is 54.0 Å². The Bertz CT molecular complexity index is 1160. The van der Waals surface area contributed by atoms with Gasteiger partial charge in [0.1, 0.15) is 11.4 Å². The number of carbonyl (C=O) groups excluding carboxylic acids is 1. The molecule has 162 valence electrons. The van der Waals surface area contributed by atoms with Gasteiger partial charge in [0.15, 0.2) is 11.6 Å². The molecule has 31 heavy (non-hydrogen) atoms. The van der Waals surface area contributed by atoms with Crippen LogP contribution in [0.2, 0.25) is 0 Å². The van der Waals surface area contributed by atoms with Crippen molar-refractivity contribution in [2.24, 2.45) is 0 Å². The molecule has 0 aliphatic heterocycles. The van der Waals surface area contributed by atoms with Crippen molar-refractivity contribution in [3.63, 3.8) is 0 Å². The molecule has 1 aliphatic carbocycles. The Morgan fingerprint density at radius 3 is 2.42 bits per heavy atom. The van der Waals surface area contributed by atoms with Gasteiger partial charge >= 0.3 is 11.7 Å². The lowest BCUT2D eigenvalue weighted by molar-refractivity contribution is 0.238. The largest absolute Gasteiger partial charge is 0.508 e. The number of phenols is 1. The minimum absolute atomic E-state index is 0.00976. The minimum Gasteiger partial charge on any atom is -0.508 e. The van der Waals surface area contributed by atoms with Gasteiger partial charge in [-0.1, -0.05) is 31.4 Å². The Labute approximate surface area is 176 Å². The lowest BCUT2D eigenvalue weighted by atomic mass is 9.94. The number of aryl methyl sites for hydroxylation is 1. The number of amides is 1. The molecule has 1 amide bonds. The number of halogens is 2. The van der Waals surface area contributed by atoms with Crippen LogP contribution in [0.25, 0.3) is 5.69 Å². The van der Waals surface area contributed by atoms with Crippen LogP contribution in [0.5, 0.6) is 5.75 Å². The molecule has 1 aliphatic rings. The molecule has 0 bridgehead atoms. The summed E-state index contributed by atoms with van der Waals surface area (Å²) in [5, 5.41) is 17.3. The van der Waals surface area contributed by atoms with Crippen molar-refractivity contribution >= 4 is 11.7 Å². The van der Waals surface area contributed by atoms with Crippen molar-refractivity contribution in [2.45, 2.75) is 45.1 Å². The van der Waals surface area contributed by atoms with E-state index in [1.54, 1.807) is 19.1 Å². The van der Waals surface area contributed by atoms with E-state index in [1.807, 2.05) is 0 Å². The highest BCUT2D eigenvalue weighted by Gasteiger charge is 2.31. The summed E-state index contributed by atoms with van der Waals surface area (Å²) in [4.78, 5) is 27.6. The fourth-order valence-electron chi connectivity index (χ4n) is 3.86. The van der Waals surface area contributed by atoms with Gasteiger partial charge in [-0.2, -0.15) is 4.68 Å². The van der Waals surface area contributed by atoms with E-state index in [9.17, 15) is 23.5 Å². The summed E-state index contributed by atoms with van der Waals surface area (Å²) in [5.74, 6) is -2.00. The molecule has 0 saturated heterocycles. The topological polar surface area (TPSA) is 93.3 Å². The van der Waals surface area contributed by atoms with Crippen molar-refractivity contribution in [1.82, 2.24) is 19.8 Å². The van der Waals surface area contributed by atoms with Crippen LogP contribution in [-0.2, 0) is 0 Å². The smallest absolute Gasteiger partial charge is 0.377 e. The number of tetrazole rings is 1. The number of nitrogens with zero attached hydrogens (tertiary/aromatic N) is 5. The second-order valence-corrected chi connectivity index (χ2v) is 7.57. The third kappa shape index (κ3) is 3.80. The number of anilines is 1. The van der Waals surface area contributed by atoms with Gasteiger partial charge in [-0.15, -0.1) is 4.68 Å². The standard InChI is InChI=1S/C21H21F2N5O3/c1-13-10-11-15(12-18(13)29)26(14-6-3-2-4-7-14)20(30)28-21(31)27(24-25-28)19-16(22)8-5-9-17(19)23/h5,8-12,14,29H,2-4,6-7H2,1H3. The van der Waals surface area contributed by atoms with Crippen molar-refractivity contribution in [2.75, 3.05) is 4.90 Å². The molecule has 3 aromatic rings. The second-order valence-electron chi connectivity index (χ2n) is 7.57. The molecule has 0 radical (unpaired) electrons. The Kier molecular flexibility index (Phi) is 5.53. The Morgan fingerprint density at radius 1 is 1.10 bits per heavy atom. The fourth-order valence-corrected chi connectivity index (χ4v) is 3.86. The van der Waals surface area contributed by atoms with Crippen LogP contribution in [0.1, 0.15) is 37.7 Å². The zero-order valence-electron chi connectivity index (χ0n) is 16.8. The maximum absolute atomic E-state index is 14.1. The number of para-hydroxylation sites is 1. The lowest BCUT2D eigenvalue weighted by Crippen LogP contribution is -2.47. The number of phenolic OH excluding ortho intramolecular Hbond substituents is 1. The Hall–Kier alpha value is -3.56. The van der Waals surface area contributed by atoms with Gasteiger partial charge in [0.25, 0.3) is 0 Å². The molecule has 0 spiro atoms. The zero-order chi connectivity index (χ0) is 22.1. The lowest BCUT2D eigenvalue weighted by Gasteiger charge is -2.33. The van der Waals surface area contributed by atoms with E-state index < -0.39 is 29.0 Å². The number of aromatic nitrogens is 4. The third-order valence-corrected chi connectivity index (χ3v) is 5.53. The Balaban J connectivity index is 1.78. The SMILES string of the molecule is Cc1ccc(N(C(=O)n2nnn(-c3c(F)cccc3F)c2=O)C2CCCCC2)cc1O. The normalized spacial score (nSPS) is 14.5. The summed E-state index contributed by atoms with van der Waals surface area (Å²) in [6.07, 6.45) is 4.29. The molecule has 1 N–H and O–H groups in total. The molecule has 1 saturated carbocycles. The summed E-state index contributed by atoms with van der Waals surface area (Å²) >= 11 is 0. The number of rotatable bonds is 3. The average Bonchev–Trinajstić information content (AvgIpc) is 3.12. The highest BCUT2D eigenvalue weighted by atomic mass is 19.1. The van der Waals surface area contributed by atoms with E-state index in [2.05, 4.69) is 10.4 Å². The first-order valence-electron chi connectivity index (χ1n) is 10.0. The van der Waals surface area contributed by atoms with Gasteiger partial charge in [0.2, 0.25) is 0 Å².